The molecule has 0 aliphatic heterocycles. The SMILES string of the molecule is C(=N\N=C\c1ccc(-c2ccc(-c3cccs3)s2)s1)/c1cccs1. The van der Waals surface area contributed by atoms with Crippen LogP contribution in [0.2, 0.25) is 0 Å². The van der Waals surface area contributed by atoms with Gasteiger partial charge in [0.2, 0.25) is 0 Å². The lowest BCUT2D eigenvalue weighted by Gasteiger charge is -1.90. The van der Waals surface area contributed by atoms with Crippen molar-refractivity contribution in [3.63, 3.8) is 0 Å². The van der Waals surface area contributed by atoms with E-state index in [1.54, 1.807) is 40.2 Å². The Bertz CT molecular complexity index is 957. The maximum absolute atomic E-state index is 4.14. The summed E-state index contributed by atoms with van der Waals surface area (Å²) >= 11 is 7.00. The molecule has 0 unspecified atom stereocenters. The van der Waals surface area contributed by atoms with Crippen molar-refractivity contribution in [2.24, 2.45) is 10.2 Å². The van der Waals surface area contributed by atoms with Crippen LogP contribution >= 0.6 is 45.3 Å². The molecule has 0 atom stereocenters. The summed E-state index contributed by atoms with van der Waals surface area (Å²) in [4.78, 5) is 7.44. The Morgan fingerprint density at radius 2 is 1.25 bits per heavy atom. The summed E-state index contributed by atoms with van der Waals surface area (Å²) in [6.07, 6.45) is 3.59. The maximum atomic E-state index is 4.14. The summed E-state index contributed by atoms with van der Waals surface area (Å²) in [5.41, 5.74) is 0. The van der Waals surface area contributed by atoms with Crippen molar-refractivity contribution < 1.29 is 0 Å². The Balaban J connectivity index is 1.47. The van der Waals surface area contributed by atoms with Crippen molar-refractivity contribution in [2.45, 2.75) is 0 Å². The largest absolute Gasteiger partial charge is 0.158 e. The molecule has 0 spiro atoms. The van der Waals surface area contributed by atoms with E-state index in [0.717, 1.165) is 9.75 Å². The third-order valence-electron chi connectivity index (χ3n) is 3.22. The van der Waals surface area contributed by atoms with Gasteiger partial charge in [-0.3, -0.25) is 0 Å². The van der Waals surface area contributed by atoms with Gasteiger partial charge in [0.25, 0.3) is 0 Å². The molecule has 0 aromatic carbocycles. The molecule has 0 bridgehead atoms. The zero-order chi connectivity index (χ0) is 16.2. The minimum atomic E-state index is 1.11. The first kappa shape index (κ1) is 15.7. The van der Waals surface area contributed by atoms with Crippen LogP contribution in [0.15, 0.2) is 69.5 Å². The van der Waals surface area contributed by atoms with Gasteiger partial charge >= 0.3 is 0 Å². The van der Waals surface area contributed by atoms with Crippen molar-refractivity contribution in [3.05, 3.63) is 69.0 Å². The van der Waals surface area contributed by atoms with Crippen LogP contribution in [0.25, 0.3) is 19.5 Å². The van der Waals surface area contributed by atoms with E-state index in [1.807, 2.05) is 35.1 Å². The molecular formula is C18H12N2S4. The zero-order valence-corrected chi connectivity index (χ0v) is 15.7. The van der Waals surface area contributed by atoms with Crippen LogP contribution in [0.4, 0.5) is 0 Å². The van der Waals surface area contributed by atoms with Gasteiger partial charge < -0.3 is 0 Å². The minimum absolute atomic E-state index is 1.11. The number of rotatable bonds is 5. The van der Waals surface area contributed by atoms with Gasteiger partial charge in [-0.05, 0) is 47.2 Å². The lowest BCUT2D eigenvalue weighted by atomic mass is 10.3. The van der Waals surface area contributed by atoms with Crippen molar-refractivity contribution in [2.75, 3.05) is 0 Å². The van der Waals surface area contributed by atoms with Gasteiger partial charge in [0.1, 0.15) is 0 Å². The summed E-state index contributed by atoms with van der Waals surface area (Å²) in [6.45, 7) is 0. The van der Waals surface area contributed by atoms with Gasteiger partial charge in [0.15, 0.2) is 0 Å². The molecule has 118 valence electrons. The third-order valence-corrected chi connectivity index (χ3v) is 7.39. The molecule has 4 aromatic rings. The van der Waals surface area contributed by atoms with Crippen LogP contribution in [0.1, 0.15) is 9.75 Å². The molecule has 0 aliphatic carbocycles. The highest BCUT2D eigenvalue weighted by molar-refractivity contribution is 7.26. The normalized spacial score (nSPS) is 11.8. The van der Waals surface area contributed by atoms with E-state index in [9.17, 15) is 0 Å². The van der Waals surface area contributed by atoms with Crippen LogP contribution in [-0.2, 0) is 0 Å². The molecule has 6 heteroatoms. The Labute approximate surface area is 156 Å². The standard InChI is InChI=1S/C18H12N2S4/c1-3-13(21-9-1)11-19-20-12-14-5-6-17(23-14)18-8-7-16(24-18)15-4-2-10-22-15/h1-12H/b19-11+,20-12+. The van der Waals surface area contributed by atoms with E-state index in [0.29, 0.717) is 0 Å². The quantitative estimate of drug-likeness (QED) is 0.269. The lowest BCUT2D eigenvalue weighted by Crippen LogP contribution is -1.72. The third kappa shape index (κ3) is 3.62. The Hall–Kier alpha value is -1.86. The molecule has 24 heavy (non-hydrogen) atoms. The van der Waals surface area contributed by atoms with Crippen LogP contribution < -0.4 is 0 Å². The molecule has 0 saturated heterocycles. The Morgan fingerprint density at radius 3 is 2.00 bits per heavy atom. The highest BCUT2D eigenvalue weighted by atomic mass is 32.1. The molecule has 4 aromatic heterocycles. The molecule has 0 aliphatic rings. The van der Waals surface area contributed by atoms with Crippen LogP contribution in [0.3, 0.4) is 0 Å². The predicted molar refractivity (Wildman–Crippen MR) is 110 cm³/mol. The molecule has 0 N–H and O–H groups in total. The first-order chi connectivity index (χ1) is 11.9. The first-order valence-corrected chi connectivity index (χ1v) is 10.6. The molecular weight excluding hydrogens is 372 g/mol. The highest BCUT2D eigenvalue weighted by Gasteiger charge is 2.07. The molecule has 4 rings (SSSR count). The van der Waals surface area contributed by atoms with Crippen molar-refractivity contribution in [1.82, 2.24) is 0 Å². The second kappa shape index (κ2) is 7.36. The van der Waals surface area contributed by atoms with Gasteiger partial charge in [-0.15, -0.1) is 45.3 Å². The summed E-state index contributed by atoms with van der Waals surface area (Å²) in [6, 6.07) is 16.9. The molecule has 0 amide bonds. The van der Waals surface area contributed by atoms with Gasteiger partial charge in [0.05, 0.1) is 12.4 Å². The molecule has 4 heterocycles. The second-order valence-electron chi connectivity index (χ2n) is 4.85. The van der Waals surface area contributed by atoms with Crippen LogP contribution in [0, 0.1) is 0 Å². The predicted octanol–water partition coefficient (Wildman–Crippen LogP) is 6.72. The monoisotopic (exact) mass is 384 g/mol. The zero-order valence-electron chi connectivity index (χ0n) is 12.5. The minimum Gasteiger partial charge on any atom is -0.158 e. The fourth-order valence-electron chi connectivity index (χ4n) is 2.12. The highest BCUT2D eigenvalue weighted by Crippen LogP contribution is 2.38. The Morgan fingerprint density at radius 1 is 0.583 bits per heavy atom. The van der Waals surface area contributed by atoms with E-state index >= 15 is 0 Å². The topological polar surface area (TPSA) is 24.7 Å². The second-order valence-corrected chi connectivity index (χ2v) is 8.97. The number of hydrogen-bond acceptors (Lipinski definition) is 6. The van der Waals surface area contributed by atoms with Crippen molar-refractivity contribution in [3.8, 4) is 19.5 Å². The van der Waals surface area contributed by atoms with Gasteiger partial charge in [-0.25, -0.2) is 0 Å². The van der Waals surface area contributed by atoms with Crippen molar-refractivity contribution >= 4 is 57.8 Å². The molecule has 2 nitrogen and oxygen atoms in total. The number of nitrogens with zero attached hydrogens (tertiary/aromatic N) is 2. The molecule has 0 fully saturated rings. The Kier molecular flexibility index (Phi) is 4.80. The summed E-state index contributed by atoms with van der Waals surface area (Å²) in [5, 5.41) is 12.4. The first-order valence-electron chi connectivity index (χ1n) is 7.22. The van der Waals surface area contributed by atoms with Gasteiger partial charge in [0, 0.05) is 29.3 Å². The number of hydrogen-bond donors (Lipinski definition) is 0. The summed E-state index contributed by atoms with van der Waals surface area (Å²) in [5.74, 6) is 0. The molecule has 0 saturated carbocycles. The van der Waals surface area contributed by atoms with Crippen LogP contribution in [-0.4, -0.2) is 12.4 Å². The fraction of sp³-hybridized carbons (Fsp3) is 0. The fourth-order valence-corrected chi connectivity index (χ4v) is 5.51. The average Bonchev–Trinajstić information content (AvgIpc) is 3.40. The van der Waals surface area contributed by atoms with E-state index in [1.165, 1.54) is 19.5 Å². The molecule has 0 radical (unpaired) electrons. The van der Waals surface area contributed by atoms with Gasteiger partial charge in [-0.2, -0.15) is 10.2 Å². The maximum Gasteiger partial charge on any atom is 0.0668 e. The number of thiophene rings is 4. The summed E-state index contributed by atoms with van der Waals surface area (Å²) in [7, 11) is 0. The summed E-state index contributed by atoms with van der Waals surface area (Å²) < 4.78 is 0. The van der Waals surface area contributed by atoms with E-state index in [4.69, 9.17) is 0 Å². The van der Waals surface area contributed by atoms with E-state index in [2.05, 4.69) is 52.0 Å². The van der Waals surface area contributed by atoms with Crippen LogP contribution in [0.5, 0.6) is 0 Å². The van der Waals surface area contributed by atoms with Gasteiger partial charge in [-0.1, -0.05) is 12.1 Å². The smallest absolute Gasteiger partial charge is 0.0668 e. The lowest BCUT2D eigenvalue weighted by molar-refractivity contribution is 1.27. The van der Waals surface area contributed by atoms with E-state index in [-0.39, 0.29) is 0 Å². The van der Waals surface area contributed by atoms with E-state index < -0.39 is 0 Å². The van der Waals surface area contributed by atoms with Crippen molar-refractivity contribution in [1.29, 1.82) is 0 Å². The average molecular weight is 385 g/mol.